The van der Waals surface area contributed by atoms with E-state index in [2.05, 4.69) is 34.5 Å². The number of rotatable bonds is 4. The number of likely N-dealkylation sites (tertiary alicyclic amines) is 1. The van der Waals surface area contributed by atoms with E-state index in [0.717, 1.165) is 42.7 Å². The molecule has 0 bridgehead atoms. The number of carbonyl (C=O) groups excluding carboxylic acids is 1. The van der Waals surface area contributed by atoms with Crippen LogP contribution in [-0.2, 0) is 11.3 Å². The van der Waals surface area contributed by atoms with Crippen molar-refractivity contribution in [1.29, 1.82) is 0 Å². The van der Waals surface area contributed by atoms with E-state index in [0.29, 0.717) is 0 Å². The van der Waals surface area contributed by atoms with E-state index in [1.54, 1.807) is 0 Å². The van der Waals surface area contributed by atoms with Crippen LogP contribution in [0.3, 0.4) is 0 Å². The van der Waals surface area contributed by atoms with E-state index in [9.17, 15) is 4.79 Å². The number of anilines is 1. The molecule has 3 nitrogen and oxygen atoms in total. The molecule has 1 amide bonds. The van der Waals surface area contributed by atoms with Crippen LogP contribution in [0.2, 0.25) is 0 Å². The first-order valence-corrected chi connectivity index (χ1v) is 8.30. The molecule has 1 fully saturated rings. The highest BCUT2D eigenvalue weighted by Gasteiger charge is 2.30. The topological polar surface area (TPSA) is 32.3 Å². The minimum absolute atomic E-state index is 0.0331. The van der Waals surface area contributed by atoms with Crippen molar-refractivity contribution in [2.24, 2.45) is 0 Å². The molecule has 1 atom stereocenters. The standard InChI is InChI=1S/C20H24N2O/c1-15-8-6-9-16(2)19(15)21-20(23)18-12-7-13-22(18)14-17-10-4-3-5-11-17/h3-6,8-11,18H,7,12-14H2,1-2H3,(H,21,23)/t18-/m0/s1. The first-order chi connectivity index (χ1) is 11.1. The largest absolute Gasteiger partial charge is 0.324 e. The Kier molecular flexibility index (Phi) is 4.77. The van der Waals surface area contributed by atoms with E-state index >= 15 is 0 Å². The summed E-state index contributed by atoms with van der Waals surface area (Å²) in [7, 11) is 0. The van der Waals surface area contributed by atoms with Crippen molar-refractivity contribution < 1.29 is 4.79 Å². The number of hydrogen-bond donors (Lipinski definition) is 1. The van der Waals surface area contributed by atoms with Crippen LogP contribution < -0.4 is 5.32 Å². The van der Waals surface area contributed by atoms with Crippen molar-refractivity contribution in [1.82, 2.24) is 4.90 Å². The Hall–Kier alpha value is -2.13. The van der Waals surface area contributed by atoms with Gasteiger partial charge in [-0.1, -0.05) is 48.5 Å². The fourth-order valence-electron chi connectivity index (χ4n) is 3.35. The molecule has 0 spiro atoms. The molecule has 2 aromatic rings. The van der Waals surface area contributed by atoms with E-state index < -0.39 is 0 Å². The van der Waals surface area contributed by atoms with Gasteiger partial charge >= 0.3 is 0 Å². The molecule has 3 heteroatoms. The zero-order valence-electron chi connectivity index (χ0n) is 13.9. The number of hydrogen-bond acceptors (Lipinski definition) is 2. The summed E-state index contributed by atoms with van der Waals surface area (Å²) in [5, 5.41) is 3.16. The van der Waals surface area contributed by atoms with Crippen LogP contribution in [-0.4, -0.2) is 23.4 Å². The Labute approximate surface area is 138 Å². The SMILES string of the molecule is Cc1cccc(C)c1NC(=O)[C@@H]1CCCN1Cc1ccccc1. The molecule has 0 aromatic heterocycles. The van der Waals surface area contributed by atoms with Crippen LogP contribution in [0.15, 0.2) is 48.5 Å². The van der Waals surface area contributed by atoms with Crippen LogP contribution in [0, 0.1) is 13.8 Å². The molecule has 0 unspecified atom stereocenters. The molecule has 2 aromatic carbocycles. The zero-order valence-corrected chi connectivity index (χ0v) is 13.9. The number of carbonyl (C=O) groups is 1. The minimum Gasteiger partial charge on any atom is -0.324 e. The second-order valence-electron chi connectivity index (χ2n) is 6.37. The summed E-state index contributed by atoms with van der Waals surface area (Å²) in [6, 6.07) is 16.5. The van der Waals surface area contributed by atoms with Crippen molar-refractivity contribution in [2.45, 2.75) is 39.3 Å². The first-order valence-electron chi connectivity index (χ1n) is 8.30. The lowest BCUT2D eigenvalue weighted by Crippen LogP contribution is -2.39. The molecule has 1 N–H and O–H groups in total. The van der Waals surface area contributed by atoms with Gasteiger partial charge in [0.25, 0.3) is 0 Å². The van der Waals surface area contributed by atoms with Gasteiger partial charge in [-0.25, -0.2) is 0 Å². The number of nitrogens with zero attached hydrogens (tertiary/aromatic N) is 1. The van der Waals surface area contributed by atoms with E-state index in [1.165, 1.54) is 5.56 Å². The molecule has 3 rings (SSSR count). The normalized spacial score (nSPS) is 18.1. The van der Waals surface area contributed by atoms with E-state index in [-0.39, 0.29) is 11.9 Å². The van der Waals surface area contributed by atoms with Crippen LogP contribution >= 0.6 is 0 Å². The predicted octanol–water partition coefficient (Wildman–Crippen LogP) is 3.91. The molecule has 23 heavy (non-hydrogen) atoms. The van der Waals surface area contributed by atoms with Gasteiger partial charge in [0.1, 0.15) is 0 Å². The van der Waals surface area contributed by atoms with Gasteiger partial charge in [0.15, 0.2) is 0 Å². The van der Waals surface area contributed by atoms with Gasteiger partial charge in [-0.15, -0.1) is 0 Å². The lowest BCUT2D eigenvalue weighted by Gasteiger charge is -2.24. The highest BCUT2D eigenvalue weighted by atomic mass is 16.2. The Morgan fingerprint density at radius 2 is 1.78 bits per heavy atom. The molecule has 1 aliphatic heterocycles. The average Bonchev–Trinajstić information content (AvgIpc) is 3.00. The second-order valence-corrected chi connectivity index (χ2v) is 6.37. The molecule has 0 radical (unpaired) electrons. The molecule has 1 saturated heterocycles. The molecule has 0 saturated carbocycles. The highest BCUT2D eigenvalue weighted by molar-refractivity contribution is 5.96. The summed E-state index contributed by atoms with van der Waals surface area (Å²) in [5.74, 6) is 0.121. The van der Waals surface area contributed by atoms with Gasteiger partial charge < -0.3 is 5.32 Å². The van der Waals surface area contributed by atoms with Gasteiger partial charge in [-0.2, -0.15) is 0 Å². The molecular formula is C20H24N2O. The van der Waals surface area contributed by atoms with Gasteiger partial charge in [0, 0.05) is 12.2 Å². The third kappa shape index (κ3) is 3.62. The van der Waals surface area contributed by atoms with Gasteiger partial charge in [-0.05, 0) is 49.9 Å². The first kappa shape index (κ1) is 15.8. The van der Waals surface area contributed by atoms with Gasteiger partial charge in [-0.3, -0.25) is 9.69 Å². The van der Waals surface area contributed by atoms with Crippen LogP contribution in [0.1, 0.15) is 29.5 Å². The quantitative estimate of drug-likeness (QED) is 0.929. The summed E-state index contributed by atoms with van der Waals surface area (Å²) in [5.41, 5.74) is 4.46. The lowest BCUT2D eigenvalue weighted by atomic mass is 10.1. The third-order valence-electron chi connectivity index (χ3n) is 4.62. The maximum Gasteiger partial charge on any atom is 0.241 e. The summed E-state index contributed by atoms with van der Waals surface area (Å²) < 4.78 is 0. The Bertz CT molecular complexity index is 661. The number of benzene rings is 2. The van der Waals surface area contributed by atoms with Crippen LogP contribution in [0.5, 0.6) is 0 Å². The number of aryl methyl sites for hydroxylation is 2. The van der Waals surface area contributed by atoms with Crippen molar-refractivity contribution in [3.05, 3.63) is 65.2 Å². The summed E-state index contributed by atoms with van der Waals surface area (Å²) in [4.78, 5) is 15.1. The summed E-state index contributed by atoms with van der Waals surface area (Å²) in [6.45, 7) is 5.91. The Balaban J connectivity index is 1.71. The van der Waals surface area contributed by atoms with E-state index in [4.69, 9.17) is 0 Å². The average molecular weight is 308 g/mol. The monoisotopic (exact) mass is 308 g/mol. The smallest absolute Gasteiger partial charge is 0.241 e. The van der Waals surface area contributed by atoms with Gasteiger partial charge in [0.05, 0.1) is 6.04 Å². The number of amides is 1. The summed E-state index contributed by atoms with van der Waals surface area (Å²) >= 11 is 0. The zero-order chi connectivity index (χ0) is 16.2. The number of para-hydroxylation sites is 1. The van der Waals surface area contributed by atoms with E-state index in [1.807, 2.05) is 38.1 Å². The third-order valence-corrected chi connectivity index (χ3v) is 4.62. The second kappa shape index (κ2) is 6.97. The fraction of sp³-hybridized carbons (Fsp3) is 0.350. The fourth-order valence-corrected chi connectivity index (χ4v) is 3.35. The molecule has 1 aliphatic rings. The Morgan fingerprint density at radius 1 is 1.09 bits per heavy atom. The van der Waals surface area contributed by atoms with Crippen LogP contribution in [0.4, 0.5) is 5.69 Å². The maximum absolute atomic E-state index is 12.8. The van der Waals surface area contributed by atoms with Crippen LogP contribution in [0.25, 0.3) is 0 Å². The van der Waals surface area contributed by atoms with Crippen molar-refractivity contribution in [3.8, 4) is 0 Å². The molecule has 1 heterocycles. The van der Waals surface area contributed by atoms with Crippen molar-refractivity contribution in [2.75, 3.05) is 11.9 Å². The highest BCUT2D eigenvalue weighted by Crippen LogP contribution is 2.24. The van der Waals surface area contributed by atoms with Crippen molar-refractivity contribution >= 4 is 11.6 Å². The number of nitrogens with one attached hydrogen (secondary N) is 1. The lowest BCUT2D eigenvalue weighted by molar-refractivity contribution is -0.120. The molecule has 0 aliphatic carbocycles. The summed E-state index contributed by atoms with van der Waals surface area (Å²) in [6.07, 6.45) is 2.02. The van der Waals surface area contributed by atoms with Crippen molar-refractivity contribution in [3.63, 3.8) is 0 Å². The molecule has 120 valence electrons. The van der Waals surface area contributed by atoms with Gasteiger partial charge in [0.2, 0.25) is 5.91 Å². The Morgan fingerprint density at radius 3 is 2.48 bits per heavy atom. The minimum atomic E-state index is -0.0331. The maximum atomic E-state index is 12.8. The predicted molar refractivity (Wildman–Crippen MR) is 94.4 cm³/mol. The molecular weight excluding hydrogens is 284 g/mol.